The molecule has 0 amide bonds. The van der Waals surface area contributed by atoms with E-state index in [1.807, 2.05) is 0 Å². The number of benzene rings is 9. The summed E-state index contributed by atoms with van der Waals surface area (Å²) in [4.78, 5) is 2.42. The molecule has 0 spiro atoms. The second-order valence-corrected chi connectivity index (χ2v) is 13.3. The zero-order valence-electron chi connectivity index (χ0n) is 29.3. The van der Waals surface area contributed by atoms with Gasteiger partial charge in [0, 0.05) is 16.8 Å². The van der Waals surface area contributed by atoms with Gasteiger partial charge in [-0.1, -0.05) is 176 Å². The van der Waals surface area contributed by atoms with E-state index in [0.717, 1.165) is 22.6 Å². The van der Waals surface area contributed by atoms with E-state index in [-0.39, 0.29) is 0 Å². The predicted octanol–water partition coefficient (Wildman–Crippen LogP) is 14.6. The van der Waals surface area contributed by atoms with Crippen molar-refractivity contribution < 1.29 is 0 Å². The van der Waals surface area contributed by atoms with Crippen molar-refractivity contribution in [3.8, 4) is 55.6 Å². The van der Waals surface area contributed by atoms with Crippen LogP contribution in [0.5, 0.6) is 0 Å². The summed E-state index contributed by atoms with van der Waals surface area (Å²) >= 11 is 0. The van der Waals surface area contributed by atoms with Gasteiger partial charge in [0.1, 0.15) is 0 Å². The van der Waals surface area contributed by atoms with E-state index < -0.39 is 0 Å². The average molecular weight is 676 g/mol. The minimum Gasteiger partial charge on any atom is -0.310 e. The smallest absolute Gasteiger partial charge is 0.0546 e. The molecule has 9 aromatic rings. The maximum atomic E-state index is 2.42. The average Bonchev–Trinajstić information content (AvgIpc) is 3.25. The lowest BCUT2D eigenvalue weighted by Crippen LogP contribution is -2.11. The van der Waals surface area contributed by atoms with Crippen molar-refractivity contribution in [3.63, 3.8) is 0 Å². The molecule has 0 bridgehead atoms. The minimum absolute atomic E-state index is 1.09. The Balaban J connectivity index is 1.31. The third-order valence-corrected chi connectivity index (χ3v) is 10.0. The third kappa shape index (κ3) is 6.42. The van der Waals surface area contributed by atoms with Crippen molar-refractivity contribution in [1.82, 2.24) is 0 Å². The molecule has 0 unspecified atom stereocenters. The maximum Gasteiger partial charge on any atom is 0.0546 e. The van der Waals surface area contributed by atoms with Gasteiger partial charge in [0.15, 0.2) is 0 Å². The summed E-state index contributed by atoms with van der Waals surface area (Å²) in [6.07, 6.45) is 0. The molecule has 1 heteroatoms. The number of anilines is 3. The SMILES string of the molecule is c1ccc(-c2cc(-c3ccccc3)c(-c3cccc(N(c4ccccc4)c4cc(-c5ccccc5)cc5ccccc45)c3)c(-c3ccccc3)c2)cc1. The highest BCUT2D eigenvalue weighted by atomic mass is 15.1. The second kappa shape index (κ2) is 14.3. The first-order valence-electron chi connectivity index (χ1n) is 18.2. The van der Waals surface area contributed by atoms with Gasteiger partial charge in [0.25, 0.3) is 0 Å². The first-order chi connectivity index (χ1) is 26.3. The molecule has 0 aromatic heterocycles. The van der Waals surface area contributed by atoms with Crippen LogP contribution < -0.4 is 4.90 Å². The molecule has 0 aliphatic heterocycles. The Hall–Kier alpha value is -6.96. The summed E-state index contributed by atoms with van der Waals surface area (Å²) in [7, 11) is 0. The molecule has 0 N–H and O–H groups in total. The lowest BCUT2D eigenvalue weighted by atomic mass is 9.84. The molecule has 0 saturated carbocycles. The van der Waals surface area contributed by atoms with Gasteiger partial charge < -0.3 is 4.90 Å². The summed E-state index contributed by atoms with van der Waals surface area (Å²) in [6, 6.07) is 80.9. The molecule has 0 saturated heterocycles. The molecule has 0 radical (unpaired) electrons. The van der Waals surface area contributed by atoms with E-state index in [1.165, 1.54) is 60.8 Å². The Morgan fingerprint density at radius 1 is 0.264 bits per heavy atom. The van der Waals surface area contributed by atoms with Gasteiger partial charge in [-0.25, -0.2) is 0 Å². The third-order valence-electron chi connectivity index (χ3n) is 10.0. The van der Waals surface area contributed by atoms with E-state index >= 15 is 0 Å². The summed E-state index contributed by atoms with van der Waals surface area (Å²) in [5, 5.41) is 2.40. The van der Waals surface area contributed by atoms with Crippen molar-refractivity contribution in [2.45, 2.75) is 0 Å². The Morgan fingerprint density at radius 2 is 0.698 bits per heavy atom. The lowest BCUT2D eigenvalue weighted by Gasteiger charge is -2.28. The number of hydrogen-bond acceptors (Lipinski definition) is 1. The van der Waals surface area contributed by atoms with Gasteiger partial charge in [-0.15, -0.1) is 0 Å². The quantitative estimate of drug-likeness (QED) is 0.155. The predicted molar refractivity (Wildman–Crippen MR) is 226 cm³/mol. The van der Waals surface area contributed by atoms with Crippen molar-refractivity contribution in [2.24, 2.45) is 0 Å². The van der Waals surface area contributed by atoms with Crippen LogP contribution in [-0.2, 0) is 0 Å². The highest BCUT2D eigenvalue weighted by Gasteiger charge is 2.21. The van der Waals surface area contributed by atoms with E-state index in [0.29, 0.717) is 0 Å². The van der Waals surface area contributed by atoms with E-state index in [9.17, 15) is 0 Å². The van der Waals surface area contributed by atoms with Crippen LogP contribution in [0.4, 0.5) is 17.1 Å². The standard InChI is InChI=1S/C52H37N/c1-6-19-38(20-7-1)44-33-42-27-16-17-32-48(42)51(37-44)53(46-29-14-5-15-30-46)47-31-18-28-43(34-47)52-49(40-23-10-3-11-24-40)35-45(39-21-8-2-9-22-39)36-50(52)41-25-12-4-13-26-41/h1-37H. The first kappa shape index (κ1) is 32.0. The molecule has 0 aliphatic carbocycles. The number of fused-ring (bicyclic) bond motifs is 1. The molecular weight excluding hydrogens is 639 g/mol. The molecule has 0 heterocycles. The maximum absolute atomic E-state index is 2.42. The summed E-state index contributed by atoms with van der Waals surface area (Å²) in [6.45, 7) is 0. The zero-order valence-corrected chi connectivity index (χ0v) is 29.3. The van der Waals surface area contributed by atoms with Crippen molar-refractivity contribution in [2.75, 3.05) is 4.90 Å². The number of rotatable bonds is 8. The van der Waals surface area contributed by atoms with E-state index in [1.54, 1.807) is 0 Å². The summed E-state index contributed by atoms with van der Waals surface area (Å²) in [5.74, 6) is 0. The largest absolute Gasteiger partial charge is 0.310 e. The van der Waals surface area contributed by atoms with Gasteiger partial charge in [-0.3, -0.25) is 0 Å². The highest BCUT2D eigenvalue weighted by Crippen LogP contribution is 2.46. The topological polar surface area (TPSA) is 3.24 Å². The van der Waals surface area contributed by atoms with Crippen molar-refractivity contribution >= 4 is 27.8 Å². The summed E-state index contributed by atoms with van der Waals surface area (Å²) in [5.41, 5.74) is 15.2. The zero-order chi connectivity index (χ0) is 35.4. The van der Waals surface area contributed by atoms with Gasteiger partial charge in [-0.05, 0) is 110 Å². The van der Waals surface area contributed by atoms with Crippen LogP contribution in [-0.4, -0.2) is 0 Å². The molecule has 0 fully saturated rings. The normalized spacial score (nSPS) is 11.0. The summed E-state index contributed by atoms with van der Waals surface area (Å²) < 4.78 is 0. The van der Waals surface area contributed by atoms with Gasteiger partial charge in [0.05, 0.1) is 5.69 Å². The van der Waals surface area contributed by atoms with Crippen molar-refractivity contribution in [3.05, 3.63) is 224 Å². The molecular formula is C52H37N. The molecule has 9 rings (SSSR count). The first-order valence-corrected chi connectivity index (χ1v) is 18.2. The Labute approximate surface area is 311 Å². The van der Waals surface area contributed by atoms with Crippen LogP contribution in [0.3, 0.4) is 0 Å². The van der Waals surface area contributed by atoms with Crippen LogP contribution in [0.25, 0.3) is 66.4 Å². The van der Waals surface area contributed by atoms with E-state index in [2.05, 4.69) is 229 Å². The van der Waals surface area contributed by atoms with Gasteiger partial charge in [-0.2, -0.15) is 0 Å². The molecule has 250 valence electrons. The van der Waals surface area contributed by atoms with Crippen molar-refractivity contribution in [1.29, 1.82) is 0 Å². The molecule has 0 aliphatic rings. The number of para-hydroxylation sites is 1. The molecule has 1 nitrogen and oxygen atoms in total. The molecule has 53 heavy (non-hydrogen) atoms. The van der Waals surface area contributed by atoms with Crippen LogP contribution in [0.15, 0.2) is 224 Å². The number of hydrogen-bond donors (Lipinski definition) is 0. The van der Waals surface area contributed by atoms with Gasteiger partial charge >= 0.3 is 0 Å². The van der Waals surface area contributed by atoms with Crippen LogP contribution in [0.1, 0.15) is 0 Å². The Kier molecular flexibility index (Phi) is 8.66. The van der Waals surface area contributed by atoms with Crippen LogP contribution in [0.2, 0.25) is 0 Å². The molecule has 0 atom stereocenters. The Bertz CT molecular complexity index is 2570. The van der Waals surface area contributed by atoms with Crippen LogP contribution >= 0.6 is 0 Å². The fourth-order valence-corrected chi connectivity index (χ4v) is 7.52. The van der Waals surface area contributed by atoms with Gasteiger partial charge in [0.2, 0.25) is 0 Å². The Morgan fingerprint density at radius 3 is 1.26 bits per heavy atom. The molecule has 9 aromatic carbocycles. The fraction of sp³-hybridized carbons (Fsp3) is 0. The lowest BCUT2D eigenvalue weighted by molar-refractivity contribution is 1.30. The number of nitrogens with zero attached hydrogens (tertiary/aromatic N) is 1. The van der Waals surface area contributed by atoms with E-state index in [4.69, 9.17) is 0 Å². The second-order valence-electron chi connectivity index (χ2n) is 13.3. The monoisotopic (exact) mass is 675 g/mol. The van der Waals surface area contributed by atoms with Crippen LogP contribution in [0, 0.1) is 0 Å². The minimum atomic E-state index is 1.09. The highest BCUT2D eigenvalue weighted by molar-refractivity contribution is 6.03. The fourth-order valence-electron chi connectivity index (χ4n) is 7.52.